The van der Waals surface area contributed by atoms with Gasteiger partial charge < -0.3 is 11.1 Å². The molecule has 2 amide bonds. The van der Waals surface area contributed by atoms with Crippen LogP contribution >= 0.6 is 0 Å². The molecule has 2 aromatic rings. The molecule has 3 rings (SSSR count). The van der Waals surface area contributed by atoms with Crippen molar-refractivity contribution in [2.45, 2.75) is 38.1 Å². The van der Waals surface area contributed by atoms with E-state index in [1.54, 1.807) is 35.4 Å². The summed E-state index contributed by atoms with van der Waals surface area (Å²) in [6.07, 6.45) is 9.53. The molecule has 0 saturated heterocycles. The summed E-state index contributed by atoms with van der Waals surface area (Å²) in [5, 5.41) is 7.09. The van der Waals surface area contributed by atoms with Gasteiger partial charge in [-0.05, 0) is 31.0 Å². The molecule has 0 radical (unpaired) electrons. The number of nitrogens with two attached hydrogens (primary N) is 1. The first-order valence-corrected chi connectivity index (χ1v) is 8.21. The van der Waals surface area contributed by atoms with E-state index >= 15 is 0 Å². The summed E-state index contributed by atoms with van der Waals surface area (Å²) in [6, 6.07) is 5.04. The summed E-state index contributed by atoms with van der Waals surface area (Å²) in [5.74, 6) is -0.951. The van der Waals surface area contributed by atoms with E-state index in [0.29, 0.717) is 5.69 Å². The van der Waals surface area contributed by atoms with Gasteiger partial charge in [-0.15, -0.1) is 0 Å². The number of carbonyl (C=O) groups excluding carboxylic acids is 2. The van der Waals surface area contributed by atoms with E-state index < -0.39 is 0 Å². The van der Waals surface area contributed by atoms with Gasteiger partial charge in [0, 0.05) is 24.6 Å². The maximum atomic E-state index is 12.6. The Balaban J connectivity index is 1.76. The molecule has 7 nitrogen and oxygen atoms in total. The van der Waals surface area contributed by atoms with E-state index in [0.717, 1.165) is 37.8 Å². The SMILES string of the molecule is NC(=O)[C@@H]1CCCCC[C@@H]1NC(=O)c1cc(-n2cccn2)ccn1. The zero-order valence-electron chi connectivity index (χ0n) is 13.4. The van der Waals surface area contributed by atoms with Crippen LogP contribution in [0.4, 0.5) is 0 Å². The van der Waals surface area contributed by atoms with Gasteiger partial charge in [0.1, 0.15) is 5.69 Å². The van der Waals surface area contributed by atoms with Gasteiger partial charge in [0.2, 0.25) is 5.91 Å². The summed E-state index contributed by atoms with van der Waals surface area (Å²) >= 11 is 0. The first kappa shape index (κ1) is 16.2. The fourth-order valence-corrected chi connectivity index (χ4v) is 3.17. The van der Waals surface area contributed by atoms with E-state index in [2.05, 4.69) is 15.4 Å². The predicted molar refractivity (Wildman–Crippen MR) is 88.4 cm³/mol. The smallest absolute Gasteiger partial charge is 0.270 e. The van der Waals surface area contributed by atoms with Gasteiger partial charge in [0.05, 0.1) is 11.6 Å². The second-order valence-corrected chi connectivity index (χ2v) is 6.08. The summed E-state index contributed by atoms with van der Waals surface area (Å²) in [4.78, 5) is 28.4. The molecular weight excluding hydrogens is 306 g/mol. The summed E-state index contributed by atoms with van der Waals surface area (Å²) in [7, 11) is 0. The topological polar surface area (TPSA) is 103 Å². The first-order chi connectivity index (χ1) is 11.6. The number of nitrogens with one attached hydrogen (secondary N) is 1. The lowest BCUT2D eigenvalue weighted by Crippen LogP contribution is -2.45. The van der Waals surface area contributed by atoms with Crippen molar-refractivity contribution in [3.05, 3.63) is 42.5 Å². The minimum absolute atomic E-state index is 0.229. The van der Waals surface area contributed by atoms with Gasteiger partial charge >= 0.3 is 0 Å². The van der Waals surface area contributed by atoms with E-state index in [9.17, 15) is 9.59 Å². The van der Waals surface area contributed by atoms with Crippen molar-refractivity contribution in [2.24, 2.45) is 11.7 Å². The number of aromatic nitrogens is 3. The molecule has 0 aromatic carbocycles. The Hall–Kier alpha value is -2.70. The molecular formula is C17H21N5O2. The zero-order chi connectivity index (χ0) is 16.9. The number of rotatable bonds is 4. The Kier molecular flexibility index (Phi) is 4.88. The van der Waals surface area contributed by atoms with Crippen molar-refractivity contribution in [1.29, 1.82) is 0 Å². The van der Waals surface area contributed by atoms with Crippen molar-refractivity contribution < 1.29 is 9.59 Å². The molecule has 2 atom stereocenters. The molecule has 0 bridgehead atoms. The fraction of sp³-hybridized carbons (Fsp3) is 0.412. The molecule has 2 aromatic heterocycles. The van der Waals surface area contributed by atoms with Crippen molar-refractivity contribution in [2.75, 3.05) is 0 Å². The standard InChI is InChI=1S/C17H21N5O2/c18-16(23)13-5-2-1-3-6-14(13)21-17(24)15-11-12(7-9-19-15)22-10-4-8-20-22/h4,7-11,13-14H,1-3,5-6H2,(H2,18,23)(H,21,24)/t13-,14+/m1/s1. The van der Waals surface area contributed by atoms with Crippen LogP contribution in [-0.4, -0.2) is 32.6 Å². The van der Waals surface area contributed by atoms with Crippen LogP contribution in [0.3, 0.4) is 0 Å². The molecule has 1 aliphatic carbocycles. The number of hydrogen-bond acceptors (Lipinski definition) is 4. The quantitative estimate of drug-likeness (QED) is 0.829. The maximum Gasteiger partial charge on any atom is 0.270 e. The lowest BCUT2D eigenvalue weighted by Gasteiger charge is -2.23. The molecule has 0 unspecified atom stereocenters. The van der Waals surface area contributed by atoms with Crippen molar-refractivity contribution in [3.8, 4) is 5.69 Å². The Morgan fingerprint density at radius 1 is 1.21 bits per heavy atom. The second-order valence-electron chi connectivity index (χ2n) is 6.08. The predicted octanol–water partition coefficient (Wildman–Crippen LogP) is 1.43. The fourth-order valence-electron chi connectivity index (χ4n) is 3.17. The van der Waals surface area contributed by atoms with Gasteiger partial charge in [0.25, 0.3) is 5.91 Å². The normalized spacial score (nSPS) is 21.0. The van der Waals surface area contributed by atoms with Crippen LogP contribution in [0, 0.1) is 5.92 Å². The minimum Gasteiger partial charge on any atom is -0.369 e. The van der Waals surface area contributed by atoms with Crippen LogP contribution in [-0.2, 0) is 4.79 Å². The number of pyridine rings is 1. The Morgan fingerprint density at radius 2 is 2.04 bits per heavy atom. The second kappa shape index (κ2) is 7.25. The van der Waals surface area contributed by atoms with Crippen molar-refractivity contribution in [3.63, 3.8) is 0 Å². The van der Waals surface area contributed by atoms with Gasteiger partial charge in [-0.1, -0.05) is 19.3 Å². The number of nitrogens with zero attached hydrogens (tertiary/aromatic N) is 3. The van der Waals surface area contributed by atoms with Gasteiger partial charge in [-0.2, -0.15) is 5.10 Å². The Labute approximate surface area is 140 Å². The van der Waals surface area contributed by atoms with Crippen molar-refractivity contribution >= 4 is 11.8 Å². The molecule has 126 valence electrons. The molecule has 0 spiro atoms. The molecule has 1 fully saturated rings. The van der Waals surface area contributed by atoms with Crippen LogP contribution in [0.2, 0.25) is 0 Å². The summed E-state index contributed by atoms with van der Waals surface area (Å²) in [6.45, 7) is 0. The number of carbonyl (C=O) groups is 2. The molecule has 1 aliphatic rings. The third kappa shape index (κ3) is 3.61. The van der Waals surface area contributed by atoms with E-state index in [1.165, 1.54) is 0 Å². The summed E-state index contributed by atoms with van der Waals surface area (Å²) in [5.41, 5.74) is 6.57. The number of primary amides is 1. The highest BCUT2D eigenvalue weighted by atomic mass is 16.2. The number of amides is 2. The Bertz CT molecular complexity index is 714. The minimum atomic E-state index is -0.347. The van der Waals surface area contributed by atoms with Gasteiger partial charge in [-0.25, -0.2) is 4.68 Å². The average Bonchev–Trinajstić information content (AvgIpc) is 3.02. The van der Waals surface area contributed by atoms with Crippen LogP contribution in [0.15, 0.2) is 36.8 Å². The molecule has 24 heavy (non-hydrogen) atoms. The van der Waals surface area contributed by atoms with Crippen LogP contribution in [0.5, 0.6) is 0 Å². The molecule has 3 N–H and O–H groups in total. The summed E-state index contributed by atoms with van der Waals surface area (Å²) < 4.78 is 1.66. The van der Waals surface area contributed by atoms with Gasteiger partial charge in [0.15, 0.2) is 0 Å². The van der Waals surface area contributed by atoms with Crippen molar-refractivity contribution in [1.82, 2.24) is 20.1 Å². The van der Waals surface area contributed by atoms with E-state index in [1.807, 2.05) is 6.07 Å². The average molecular weight is 327 g/mol. The van der Waals surface area contributed by atoms with Gasteiger partial charge in [-0.3, -0.25) is 14.6 Å². The molecule has 0 aliphatic heterocycles. The van der Waals surface area contributed by atoms with Crippen LogP contribution < -0.4 is 11.1 Å². The monoisotopic (exact) mass is 327 g/mol. The third-order valence-corrected chi connectivity index (χ3v) is 4.44. The van der Waals surface area contributed by atoms with Crippen LogP contribution in [0.25, 0.3) is 5.69 Å². The molecule has 2 heterocycles. The third-order valence-electron chi connectivity index (χ3n) is 4.44. The molecule has 1 saturated carbocycles. The lowest BCUT2D eigenvalue weighted by molar-refractivity contribution is -0.122. The lowest BCUT2D eigenvalue weighted by atomic mass is 9.94. The highest BCUT2D eigenvalue weighted by Crippen LogP contribution is 2.23. The maximum absolute atomic E-state index is 12.6. The first-order valence-electron chi connectivity index (χ1n) is 8.21. The number of hydrogen-bond donors (Lipinski definition) is 2. The highest BCUT2D eigenvalue weighted by Gasteiger charge is 2.29. The zero-order valence-corrected chi connectivity index (χ0v) is 13.4. The Morgan fingerprint density at radius 3 is 2.79 bits per heavy atom. The van der Waals surface area contributed by atoms with E-state index in [4.69, 9.17) is 5.73 Å². The highest BCUT2D eigenvalue weighted by molar-refractivity contribution is 5.93. The largest absolute Gasteiger partial charge is 0.369 e. The molecule has 7 heteroatoms. The van der Waals surface area contributed by atoms with Crippen LogP contribution in [0.1, 0.15) is 42.6 Å². The van der Waals surface area contributed by atoms with E-state index in [-0.39, 0.29) is 23.8 Å².